The smallest absolute Gasteiger partial charge is 0.491 e. The molecule has 0 saturated carbocycles. The number of hydrogen-bond donors (Lipinski definition) is 1. The van der Waals surface area contributed by atoms with E-state index in [1.807, 2.05) is 19.1 Å². The Hall–Kier alpha value is -3.15. The molecule has 3 aromatic rings. The molecule has 0 bridgehead atoms. The highest BCUT2D eigenvalue weighted by Crippen LogP contribution is 2.38. The van der Waals surface area contributed by atoms with E-state index < -0.39 is 6.36 Å². The van der Waals surface area contributed by atoms with Crippen LogP contribution in [-0.2, 0) is 11.8 Å². The Morgan fingerprint density at radius 3 is 2.03 bits per heavy atom. The Bertz CT molecular complexity index is 1070. The zero-order valence-electron chi connectivity index (χ0n) is 19.4. The minimum Gasteiger partial charge on any atom is -0.491 e. The van der Waals surface area contributed by atoms with E-state index in [9.17, 15) is 13.2 Å². The van der Waals surface area contributed by atoms with Crippen LogP contribution in [0.5, 0.6) is 11.5 Å². The summed E-state index contributed by atoms with van der Waals surface area (Å²) in [6.07, 6.45) is -3.26. The number of anilines is 1. The Morgan fingerprint density at radius 2 is 1.48 bits per heavy atom. The average molecular weight is 458 g/mol. The summed E-state index contributed by atoms with van der Waals surface area (Å²) in [5.41, 5.74) is 11.8. The molecule has 3 aromatic carbocycles. The van der Waals surface area contributed by atoms with Crippen LogP contribution in [0.1, 0.15) is 50.8 Å². The quantitative estimate of drug-likeness (QED) is 0.373. The van der Waals surface area contributed by atoms with Crippen molar-refractivity contribution in [3.8, 4) is 22.6 Å². The summed E-state index contributed by atoms with van der Waals surface area (Å²) in [5.74, 6) is 0.263. The number of alkyl halides is 3. The number of benzene rings is 3. The lowest BCUT2D eigenvalue weighted by Crippen LogP contribution is -2.16. The summed E-state index contributed by atoms with van der Waals surface area (Å²) in [5, 5.41) is 0. The first-order valence-corrected chi connectivity index (χ1v) is 11.0. The molecule has 0 aromatic heterocycles. The summed E-state index contributed by atoms with van der Waals surface area (Å²) in [6, 6.07) is 18.1. The van der Waals surface area contributed by atoms with Gasteiger partial charge in [-0.05, 0) is 64.8 Å². The molecule has 0 atom stereocenters. The predicted molar refractivity (Wildman–Crippen MR) is 127 cm³/mol. The Balaban J connectivity index is 1.94. The lowest BCUT2D eigenvalue weighted by Gasteiger charge is -2.19. The van der Waals surface area contributed by atoms with Gasteiger partial charge in [0.2, 0.25) is 0 Å². The summed E-state index contributed by atoms with van der Waals surface area (Å²) >= 11 is 0. The van der Waals surface area contributed by atoms with Crippen LogP contribution >= 0.6 is 0 Å². The molecule has 2 N–H and O–H groups in total. The molecule has 0 radical (unpaired) electrons. The van der Waals surface area contributed by atoms with Crippen LogP contribution < -0.4 is 15.2 Å². The lowest BCUT2D eigenvalue weighted by atomic mass is 9.86. The fourth-order valence-electron chi connectivity index (χ4n) is 3.59. The van der Waals surface area contributed by atoms with E-state index in [1.165, 1.54) is 17.7 Å². The molecule has 0 aliphatic heterocycles. The summed E-state index contributed by atoms with van der Waals surface area (Å²) < 4.78 is 47.4. The van der Waals surface area contributed by atoms with Crippen LogP contribution in [-0.4, -0.2) is 13.0 Å². The molecular formula is C27H30F3NO2. The first-order valence-electron chi connectivity index (χ1n) is 11.0. The zero-order valence-corrected chi connectivity index (χ0v) is 19.4. The van der Waals surface area contributed by atoms with E-state index in [0.29, 0.717) is 30.0 Å². The highest BCUT2D eigenvalue weighted by atomic mass is 19.4. The molecule has 6 heteroatoms. The number of rotatable bonds is 7. The molecule has 0 fully saturated rings. The van der Waals surface area contributed by atoms with E-state index >= 15 is 0 Å². The third-order valence-electron chi connectivity index (χ3n) is 5.26. The maximum absolute atomic E-state index is 12.5. The van der Waals surface area contributed by atoms with Crippen molar-refractivity contribution in [2.24, 2.45) is 0 Å². The summed E-state index contributed by atoms with van der Waals surface area (Å²) in [7, 11) is 0. The van der Waals surface area contributed by atoms with Crippen LogP contribution in [0.3, 0.4) is 0 Å². The second kappa shape index (κ2) is 9.77. The number of hydrogen-bond acceptors (Lipinski definition) is 3. The second-order valence-electron chi connectivity index (χ2n) is 9.11. The van der Waals surface area contributed by atoms with Gasteiger partial charge < -0.3 is 15.2 Å². The van der Waals surface area contributed by atoms with E-state index in [-0.39, 0.29) is 11.2 Å². The van der Waals surface area contributed by atoms with Crippen LogP contribution in [0.15, 0.2) is 60.7 Å². The monoisotopic (exact) mass is 457 g/mol. The first-order chi connectivity index (χ1) is 15.5. The van der Waals surface area contributed by atoms with E-state index in [4.69, 9.17) is 10.5 Å². The topological polar surface area (TPSA) is 44.5 Å². The molecule has 0 unspecified atom stereocenters. The van der Waals surface area contributed by atoms with Crippen molar-refractivity contribution in [1.82, 2.24) is 0 Å². The van der Waals surface area contributed by atoms with E-state index in [0.717, 1.165) is 23.1 Å². The Kier molecular flexibility index (Phi) is 7.25. The first kappa shape index (κ1) is 24.5. The third kappa shape index (κ3) is 6.67. The fraction of sp³-hybridized carbons (Fsp3) is 0.333. The molecule has 176 valence electrons. The minimum atomic E-state index is -4.73. The van der Waals surface area contributed by atoms with Gasteiger partial charge >= 0.3 is 6.36 Å². The zero-order chi connectivity index (χ0) is 24.2. The van der Waals surface area contributed by atoms with Crippen molar-refractivity contribution in [2.75, 3.05) is 12.3 Å². The highest BCUT2D eigenvalue weighted by Gasteiger charge is 2.31. The largest absolute Gasteiger partial charge is 0.573 e. The van der Waals surface area contributed by atoms with Crippen LogP contribution in [0, 0.1) is 0 Å². The Labute approximate surface area is 193 Å². The van der Waals surface area contributed by atoms with Crippen molar-refractivity contribution in [1.29, 1.82) is 0 Å². The lowest BCUT2D eigenvalue weighted by molar-refractivity contribution is -0.274. The van der Waals surface area contributed by atoms with Crippen LogP contribution in [0.25, 0.3) is 11.1 Å². The summed E-state index contributed by atoms with van der Waals surface area (Å²) in [6.45, 7) is 9.01. The van der Waals surface area contributed by atoms with Crippen LogP contribution in [0.2, 0.25) is 0 Å². The molecule has 0 heterocycles. The normalized spacial score (nSPS) is 12.0. The minimum absolute atomic E-state index is 0.0797. The fourth-order valence-corrected chi connectivity index (χ4v) is 3.59. The van der Waals surface area contributed by atoms with Crippen molar-refractivity contribution >= 4 is 5.69 Å². The molecule has 0 aliphatic rings. The summed E-state index contributed by atoms with van der Waals surface area (Å²) in [4.78, 5) is 0. The molecule has 3 nitrogen and oxygen atoms in total. The van der Waals surface area contributed by atoms with E-state index in [1.54, 1.807) is 12.1 Å². The van der Waals surface area contributed by atoms with Gasteiger partial charge in [-0.2, -0.15) is 0 Å². The molecule has 33 heavy (non-hydrogen) atoms. The second-order valence-corrected chi connectivity index (χ2v) is 9.11. The van der Waals surface area contributed by atoms with Crippen molar-refractivity contribution in [3.63, 3.8) is 0 Å². The van der Waals surface area contributed by atoms with Gasteiger partial charge in [0.15, 0.2) is 0 Å². The van der Waals surface area contributed by atoms with Gasteiger partial charge in [-0.25, -0.2) is 0 Å². The molecular weight excluding hydrogens is 427 g/mol. The van der Waals surface area contributed by atoms with Gasteiger partial charge in [0.25, 0.3) is 0 Å². The predicted octanol–water partition coefficient (Wildman–Crippen LogP) is 7.51. The highest BCUT2D eigenvalue weighted by molar-refractivity contribution is 5.78. The number of nitrogen functional groups attached to an aromatic ring is 1. The molecule has 0 aliphatic carbocycles. The van der Waals surface area contributed by atoms with Crippen molar-refractivity contribution in [2.45, 2.75) is 52.3 Å². The van der Waals surface area contributed by atoms with Gasteiger partial charge in [-0.15, -0.1) is 13.2 Å². The molecule has 0 spiro atoms. The SMILES string of the molecule is CCCOc1c(N)cc(Cc2ccc(C(C)(C)C)cc2)cc1-c1ccc(OC(F)(F)F)cc1. The van der Waals surface area contributed by atoms with Gasteiger partial charge in [0.05, 0.1) is 12.3 Å². The average Bonchev–Trinajstić information content (AvgIpc) is 2.72. The molecule has 3 rings (SSSR count). The number of halogens is 3. The van der Waals surface area contributed by atoms with Gasteiger partial charge in [-0.3, -0.25) is 0 Å². The maximum atomic E-state index is 12.5. The molecule has 0 amide bonds. The van der Waals surface area contributed by atoms with Gasteiger partial charge in [-0.1, -0.05) is 64.1 Å². The standard InChI is InChI=1S/C27H30F3NO2/c1-5-14-32-25-23(20-8-12-22(13-9-20)33-27(28,29)30)16-19(17-24(25)31)15-18-6-10-21(11-7-18)26(2,3)4/h6-13,16-17H,5,14-15,31H2,1-4H3. The third-order valence-corrected chi connectivity index (χ3v) is 5.26. The number of nitrogens with two attached hydrogens (primary N) is 1. The number of ether oxygens (including phenoxy) is 2. The van der Waals surface area contributed by atoms with E-state index in [2.05, 4.69) is 49.8 Å². The van der Waals surface area contributed by atoms with Crippen molar-refractivity contribution in [3.05, 3.63) is 77.4 Å². The maximum Gasteiger partial charge on any atom is 0.573 e. The van der Waals surface area contributed by atoms with Crippen molar-refractivity contribution < 1.29 is 22.6 Å². The van der Waals surface area contributed by atoms with Gasteiger partial charge in [0, 0.05) is 5.56 Å². The van der Waals surface area contributed by atoms with Gasteiger partial charge in [0.1, 0.15) is 11.5 Å². The Morgan fingerprint density at radius 1 is 0.848 bits per heavy atom. The molecule has 0 saturated heterocycles. The van der Waals surface area contributed by atoms with Crippen LogP contribution in [0.4, 0.5) is 18.9 Å².